The third kappa shape index (κ3) is 2.33. The minimum Gasteiger partial charge on any atom is -0.211 e. The Kier molecular flexibility index (Phi) is 2.97. The molecule has 2 aromatic rings. The van der Waals surface area contributed by atoms with E-state index >= 15 is 0 Å². The molecule has 76 valence electrons. The highest BCUT2D eigenvalue weighted by Crippen LogP contribution is 2.16. The highest BCUT2D eigenvalue weighted by atomic mass is 32.2. The first kappa shape index (κ1) is 10.1. The van der Waals surface area contributed by atoms with Crippen LogP contribution < -0.4 is 4.68 Å². The number of hydrogen-bond acceptors (Lipinski definition) is 3. The van der Waals surface area contributed by atoms with Gasteiger partial charge in [0.05, 0.1) is 0 Å². The molecule has 3 nitrogen and oxygen atoms in total. The van der Waals surface area contributed by atoms with Gasteiger partial charge in [-0.25, -0.2) is 4.98 Å². The smallest absolute Gasteiger partial charge is 0.211 e. The van der Waals surface area contributed by atoms with Crippen LogP contribution >= 0.6 is 11.8 Å². The quantitative estimate of drug-likeness (QED) is 0.567. The normalized spacial score (nSPS) is 10.3. The van der Waals surface area contributed by atoms with Gasteiger partial charge in [-0.1, -0.05) is 46.8 Å². The zero-order valence-electron chi connectivity index (χ0n) is 8.71. The molecule has 15 heavy (non-hydrogen) atoms. The summed E-state index contributed by atoms with van der Waals surface area (Å²) in [5.41, 5.74) is 2.07. The van der Waals surface area contributed by atoms with Crippen molar-refractivity contribution in [2.75, 3.05) is 6.26 Å². The summed E-state index contributed by atoms with van der Waals surface area (Å²) in [6.45, 7) is 0. The number of rotatable bonds is 2. The van der Waals surface area contributed by atoms with Crippen molar-refractivity contribution in [1.29, 1.82) is 0 Å². The van der Waals surface area contributed by atoms with Crippen molar-refractivity contribution in [3.63, 3.8) is 0 Å². The van der Waals surface area contributed by atoms with Gasteiger partial charge in [-0.3, -0.25) is 0 Å². The van der Waals surface area contributed by atoms with Crippen LogP contribution in [-0.2, 0) is 7.05 Å². The lowest BCUT2D eigenvalue weighted by molar-refractivity contribution is -0.734. The Morgan fingerprint density at radius 2 is 1.93 bits per heavy atom. The fourth-order valence-corrected chi connectivity index (χ4v) is 1.73. The number of benzene rings is 1. The topological polar surface area (TPSA) is 29.7 Å². The molecular weight excluding hydrogens is 206 g/mol. The molecule has 0 aliphatic heterocycles. The van der Waals surface area contributed by atoms with Crippen molar-refractivity contribution in [3.05, 3.63) is 36.5 Å². The maximum absolute atomic E-state index is 4.45. The van der Waals surface area contributed by atoms with E-state index in [0.717, 1.165) is 16.4 Å². The van der Waals surface area contributed by atoms with Crippen LogP contribution in [0.15, 0.2) is 41.7 Å². The van der Waals surface area contributed by atoms with Gasteiger partial charge in [0, 0.05) is 10.7 Å². The van der Waals surface area contributed by atoms with E-state index in [1.807, 2.05) is 49.8 Å². The van der Waals surface area contributed by atoms with Gasteiger partial charge in [-0.2, -0.15) is 0 Å². The van der Waals surface area contributed by atoms with Crippen LogP contribution in [0, 0.1) is 0 Å². The second-order valence-electron chi connectivity index (χ2n) is 3.15. The first-order valence-corrected chi connectivity index (χ1v) is 5.86. The molecule has 0 fully saturated rings. The van der Waals surface area contributed by atoms with Crippen LogP contribution in [0.25, 0.3) is 11.3 Å². The average molecular weight is 218 g/mol. The lowest BCUT2D eigenvalue weighted by Crippen LogP contribution is -2.33. The Morgan fingerprint density at radius 3 is 2.60 bits per heavy atom. The molecule has 0 aliphatic rings. The minimum absolute atomic E-state index is 0.791. The van der Waals surface area contributed by atoms with Crippen LogP contribution in [0.2, 0.25) is 0 Å². The molecule has 0 N–H and O–H groups in total. The molecule has 0 spiro atoms. The molecular formula is C11H12N3S+. The van der Waals surface area contributed by atoms with E-state index in [1.165, 1.54) is 0 Å². The Morgan fingerprint density at radius 1 is 1.20 bits per heavy atom. The van der Waals surface area contributed by atoms with Crippen LogP contribution in [0.3, 0.4) is 0 Å². The fraction of sp³-hybridized carbons (Fsp3) is 0.182. The van der Waals surface area contributed by atoms with E-state index in [4.69, 9.17) is 0 Å². The van der Waals surface area contributed by atoms with E-state index in [9.17, 15) is 0 Å². The molecule has 4 heteroatoms. The summed E-state index contributed by atoms with van der Waals surface area (Å²) >= 11 is 1.55. The summed E-state index contributed by atoms with van der Waals surface area (Å²) in [6, 6.07) is 10.1. The zero-order valence-corrected chi connectivity index (χ0v) is 9.53. The van der Waals surface area contributed by atoms with Gasteiger partial charge in [0.1, 0.15) is 5.69 Å². The minimum atomic E-state index is 0.791. The summed E-state index contributed by atoms with van der Waals surface area (Å²) in [4.78, 5) is 4.45. The van der Waals surface area contributed by atoms with E-state index in [2.05, 4.69) is 10.1 Å². The lowest BCUT2D eigenvalue weighted by Gasteiger charge is -1.98. The van der Waals surface area contributed by atoms with Gasteiger partial charge >= 0.3 is 0 Å². The molecule has 2 rings (SSSR count). The fourth-order valence-electron chi connectivity index (χ4n) is 1.33. The molecule has 0 saturated heterocycles. The summed E-state index contributed by atoms with van der Waals surface area (Å²) in [5.74, 6) is 0. The van der Waals surface area contributed by atoms with E-state index < -0.39 is 0 Å². The predicted octanol–water partition coefficient (Wildman–Crippen LogP) is 1.69. The van der Waals surface area contributed by atoms with Crippen LogP contribution in [0.4, 0.5) is 0 Å². The number of hydrogen-bond donors (Lipinski definition) is 0. The van der Waals surface area contributed by atoms with Crippen LogP contribution in [-0.4, -0.2) is 16.3 Å². The number of aryl methyl sites for hydroxylation is 1. The van der Waals surface area contributed by atoms with Gasteiger partial charge in [0.15, 0.2) is 7.05 Å². The molecule has 0 aliphatic carbocycles. The Balaban J connectivity index is 2.49. The van der Waals surface area contributed by atoms with E-state index in [-0.39, 0.29) is 0 Å². The van der Waals surface area contributed by atoms with Crippen molar-refractivity contribution in [2.24, 2.45) is 7.05 Å². The van der Waals surface area contributed by atoms with E-state index in [1.54, 1.807) is 16.4 Å². The average Bonchev–Trinajstić information content (AvgIpc) is 2.29. The number of thioether (sulfide) groups is 1. The van der Waals surface area contributed by atoms with Crippen LogP contribution in [0.5, 0.6) is 0 Å². The number of nitrogens with zero attached hydrogens (tertiary/aromatic N) is 3. The molecule has 1 heterocycles. The standard InChI is InChI=1S/C11H12N3S/c1-14-8-10(12-11(13-14)15-2)9-6-4-3-5-7-9/h3-8H,1-2H3/q+1. The summed E-state index contributed by atoms with van der Waals surface area (Å²) in [7, 11) is 1.91. The second-order valence-corrected chi connectivity index (χ2v) is 3.93. The molecule has 0 atom stereocenters. The molecule has 0 radical (unpaired) electrons. The first-order chi connectivity index (χ1) is 7.29. The van der Waals surface area contributed by atoms with Crippen molar-refractivity contribution in [1.82, 2.24) is 10.1 Å². The first-order valence-electron chi connectivity index (χ1n) is 4.64. The molecule has 0 amide bonds. The predicted molar refractivity (Wildman–Crippen MR) is 60.4 cm³/mol. The molecule has 1 aromatic carbocycles. The SMILES string of the molecule is CSc1nc(-c2ccccc2)c[n+](C)n1. The highest BCUT2D eigenvalue weighted by molar-refractivity contribution is 7.98. The summed E-state index contributed by atoms with van der Waals surface area (Å²) in [5, 5.41) is 5.04. The van der Waals surface area contributed by atoms with Gasteiger partial charge in [-0.05, 0) is 6.26 Å². The van der Waals surface area contributed by atoms with Crippen molar-refractivity contribution < 1.29 is 4.68 Å². The molecule has 0 saturated carbocycles. The van der Waals surface area contributed by atoms with Crippen LogP contribution in [0.1, 0.15) is 0 Å². The highest BCUT2D eigenvalue weighted by Gasteiger charge is 2.08. The van der Waals surface area contributed by atoms with Gasteiger partial charge < -0.3 is 0 Å². The largest absolute Gasteiger partial charge is 0.254 e. The monoisotopic (exact) mass is 218 g/mol. The van der Waals surface area contributed by atoms with Gasteiger partial charge in [0.25, 0.3) is 5.16 Å². The van der Waals surface area contributed by atoms with Crippen molar-refractivity contribution >= 4 is 11.8 Å². The maximum Gasteiger partial charge on any atom is 0.254 e. The second kappa shape index (κ2) is 4.40. The van der Waals surface area contributed by atoms with Crippen molar-refractivity contribution in [3.8, 4) is 11.3 Å². The maximum atomic E-state index is 4.45. The number of aromatic nitrogens is 3. The zero-order chi connectivity index (χ0) is 10.7. The Hall–Kier alpha value is -1.42. The third-order valence-electron chi connectivity index (χ3n) is 2.02. The summed E-state index contributed by atoms with van der Waals surface area (Å²) < 4.78 is 1.79. The Labute approximate surface area is 93.2 Å². The lowest BCUT2D eigenvalue weighted by atomic mass is 10.2. The van der Waals surface area contributed by atoms with Crippen molar-refractivity contribution in [2.45, 2.75) is 5.16 Å². The van der Waals surface area contributed by atoms with E-state index in [0.29, 0.717) is 0 Å². The Bertz CT molecular complexity index is 457. The summed E-state index contributed by atoms with van der Waals surface area (Å²) in [6.07, 6.45) is 3.90. The third-order valence-corrected chi connectivity index (χ3v) is 2.56. The molecule has 0 unspecified atom stereocenters. The van der Waals surface area contributed by atoms with Gasteiger partial charge in [-0.15, -0.1) is 0 Å². The molecule has 1 aromatic heterocycles. The van der Waals surface area contributed by atoms with Gasteiger partial charge in [0.2, 0.25) is 6.20 Å². The molecule has 0 bridgehead atoms.